The molecule has 0 radical (unpaired) electrons. The highest BCUT2D eigenvalue weighted by molar-refractivity contribution is 5.81. The Morgan fingerprint density at radius 3 is 2.62 bits per heavy atom. The Labute approximate surface area is 168 Å². The summed E-state index contributed by atoms with van der Waals surface area (Å²) >= 11 is 0. The lowest BCUT2D eigenvalue weighted by Crippen LogP contribution is -2.36. The first-order valence-electron chi connectivity index (χ1n) is 9.44. The summed E-state index contributed by atoms with van der Waals surface area (Å²) < 4.78 is 6.28. The van der Waals surface area contributed by atoms with Gasteiger partial charge in [-0.1, -0.05) is 42.5 Å². The van der Waals surface area contributed by atoms with Crippen LogP contribution in [0, 0.1) is 6.92 Å². The van der Waals surface area contributed by atoms with Crippen LogP contribution in [0.1, 0.15) is 30.5 Å². The van der Waals surface area contributed by atoms with Gasteiger partial charge in [-0.05, 0) is 31.0 Å². The van der Waals surface area contributed by atoms with Crippen LogP contribution in [-0.2, 0) is 20.9 Å². The van der Waals surface area contributed by atoms with Gasteiger partial charge in [0.05, 0.1) is 36.3 Å². The molecule has 1 heterocycles. The van der Waals surface area contributed by atoms with Gasteiger partial charge in [-0.3, -0.25) is 19.0 Å². The smallest absolute Gasteiger partial charge is 0.308 e. The summed E-state index contributed by atoms with van der Waals surface area (Å²) in [4.78, 5) is 41.6. The van der Waals surface area contributed by atoms with Crippen molar-refractivity contribution in [3.8, 4) is 0 Å². The quantitative estimate of drug-likeness (QED) is 0.623. The fourth-order valence-corrected chi connectivity index (χ4v) is 3.17. The van der Waals surface area contributed by atoms with Gasteiger partial charge in [0, 0.05) is 0 Å². The molecule has 7 heteroatoms. The van der Waals surface area contributed by atoms with Crippen LogP contribution in [0.3, 0.4) is 0 Å². The number of aryl methyl sites for hydroxylation is 1. The third kappa shape index (κ3) is 4.87. The molecule has 0 aliphatic rings. The third-order valence-corrected chi connectivity index (χ3v) is 4.58. The summed E-state index contributed by atoms with van der Waals surface area (Å²) in [7, 11) is 0. The van der Waals surface area contributed by atoms with Crippen LogP contribution < -0.4 is 10.9 Å². The number of esters is 1. The maximum Gasteiger partial charge on any atom is 0.308 e. The molecule has 1 aromatic heterocycles. The Morgan fingerprint density at radius 2 is 1.90 bits per heavy atom. The standard InChI is InChI=1S/C22H23N3O4/c1-3-29-20(27)12-18(16-9-5-4-6-10-16)24-19(26)13-25-14-23-21-15(2)8-7-11-17(21)22(25)28/h4-11,14,18H,3,12-13H2,1-2H3,(H,24,26). The minimum atomic E-state index is -0.547. The lowest BCUT2D eigenvalue weighted by Gasteiger charge is -2.19. The molecule has 0 aliphatic carbocycles. The summed E-state index contributed by atoms with van der Waals surface area (Å²) in [6.07, 6.45) is 1.38. The predicted molar refractivity (Wildman–Crippen MR) is 109 cm³/mol. The molecule has 0 saturated heterocycles. The number of fused-ring (bicyclic) bond motifs is 1. The van der Waals surface area contributed by atoms with Gasteiger partial charge in [-0.25, -0.2) is 4.98 Å². The number of rotatable bonds is 7. The largest absolute Gasteiger partial charge is 0.466 e. The number of benzene rings is 2. The summed E-state index contributed by atoms with van der Waals surface area (Å²) in [5.74, 6) is -0.791. The average Bonchev–Trinajstić information content (AvgIpc) is 2.71. The number of amides is 1. The number of carbonyl (C=O) groups excluding carboxylic acids is 2. The molecule has 3 aromatic rings. The molecule has 0 saturated carbocycles. The van der Waals surface area contributed by atoms with E-state index in [9.17, 15) is 14.4 Å². The Balaban J connectivity index is 1.80. The number of carbonyl (C=O) groups is 2. The summed E-state index contributed by atoms with van der Waals surface area (Å²) in [6.45, 7) is 3.69. The van der Waals surface area contributed by atoms with Crippen molar-refractivity contribution in [1.29, 1.82) is 0 Å². The number of para-hydroxylation sites is 1. The van der Waals surface area contributed by atoms with Crippen molar-refractivity contribution in [1.82, 2.24) is 14.9 Å². The van der Waals surface area contributed by atoms with E-state index in [2.05, 4.69) is 10.3 Å². The highest BCUT2D eigenvalue weighted by atomic mass is 16.5. The van der Waals surface area contributed by atoms with E-state index in [-0.39, 0.29) is 31.0 Å². The summed E-state index contributed by atoms with van der Waals surface area (Å²) in [5, 5.41) is 3.29. The van der Waals surface area contributed by atoms with Crippen molar-refractivity contribution < 1.29 is 14.3 Å². The normalized spacial score (nSPS) is 11.8. The first-order valence-corrected chi connectivity index (χ1v) is 9.44. The van der Waals surface area contributed by atoms with Gasteiger partial charge in [0.1, 0.15) is 6.54 Å². The lowest BCUT2D eigenvalue weighted by atomic mass is 10.0. The van der Waals surface area contributed by atoms with Gasteiger partial charge in [0.2, 0.25) is 5.91 Å². The van der Waals surface area contributed by atoms with E-state index < -0.39 is 12.0 Å². The minimum Gasteiger partial charge on any atom is -0.466 e. The molecule has 1 N–H and O–H groups in total. The molecule has 1 unspecified atom stereocenters. The molecular weight excluding hydrogens is 370 g/mol. The van der Waals surface area contributed by atoms with E-state index in [1.165, 1.54) is 10.9 Å². The summed E-state index contributed by atoms with van der Waals surface area (Å²) in [6, 6.07) is 14.0. The van der Waals surface area contributed by atoms with Crippen molar-refractivity contribution in [2.75, 3.05) is 6.61 Å². The highest BCUT2D eigenvalue weighted by Gasteiger charge is 2.20. The number of aromatic nitrogens is 2. The van der Waals surface area contributed by atoms with Gasteiger partial charge in [0.15, 0.2) is 0 Å². The van der Waals surface area contributed by atoms with E-state index in [4.69, 9.17) is 4.74 Å². The lowest BCUT2D eigenvalue weighted by molar-refractivity contribution is -0.143. The van der Waals surface area contributed by atoms with Crippen LogP contribution in [0.5, 0.6) is 0 Å². The molecule has 0 aliphatic heterocycles. The molecule has 1 amide bonds. The second kappa shape index (κ2) is 9.14. The fourth-order valence-electron chi connectivity index (χ4n) is 3.17. The van der Waals surface area contributed by atoms with Crippen molar-refractivity contribution in [3.05, 3.63) is 76.3 Å². The van der Waals surface area contributed by atoms with Gasteiger partial charge >= 0.3 is 5.97 Å². The Morgan fingerprint density at radius 1 is 1.14 bits per heavy atom. The molecule has 0 bridgehead atoms. The third-order valence-electron chi connectivity index (χ3n) is 4.58. The first kappa shape index (κ1) is 20.3. The summed E-state index contributed by atoms with van der Waals surface area (Å²) in [5.41, 5.74) is 2.03. The predicted octanol–water partition coefficient (Wildman–Crippen LogP) is 2.52. The van der Waals surface area contributed by atoms with Crippen LogP contribution >= 0.6 is 0 Å². The molecule has 150 valence electrons. The maximum absolute atomic E-state index is 12.7. The molecular formula is C22H23N3O4. The fraction of sp³-hybridized carbons (Fsp3) is 0.273. The van der Waals surface area contributed by atoms with Crippen LogP contribution in [0.4, 0.5) is 0 Å². The Bertz CT molecular complexity index is 1080. The van der Waals surface area contributed by atoms with Gasteiger partial charge in [0.25, 0.3) is 5.56 Å². The molecule has 7 nitrogen and oxygen atoms in total. The van der Waals surface area contributed by atoms with Gasteiger partial charge in [-0.15, -0.1) is 0 Å². The van der Waals surface area contributed by atoms with Crippen molar-refractivity contribution in [2.45, 2.75) is 32.9 Å². The van der Waals surface area contributed by atoms with Crippen LogP contribution in [-0.4, -0.2) is 28.0 Å². The molecule has 0 fully saturated rings. The van der Waals surface area contributed by atoms with Crippen molar-refractivity contribution in [2.24, 2.45) is 0 Å². The maximum atomic E-state index is 12.7. The van der Waals surface area contributed by atoms with Crippen LogP contribution in [0.25, 0.3) is 10.9 Å². The second-order valence-corrected chi connectivity index (χ2v) is 6.69. The molecule has 0 spiro atoms. The Kier molecular flexibility index (Phi) is 6.39. The zero-order valence-electron chi connectivity index (χ0n) is 16.4. The van der Waals surface area contributed by atoms with E-state index >= 15 is 0 Å². The molecule has 29 heavy (non-hydrogen) atoms. The molecule has 2 aromatic carbocycles. The van der Waals surface area contributed by atoms with E-state index in [1.807, 2.05) is 43.3 Å². The van der Waals surface area contributed by atoms with Gasteiger partial charge < -0.3 is 10.1 Å². The number of nitrogens with one attached hydrogen (secondary N) is 1. The minimum absolute atomic E-state index is 0.00760. The number of hydrogen-bond acceptors (Lipinski definition) is 5. The van der Waals surface area contributed by atoms with Gasteiger partial charge in [-0.2, -0.15) is 0 Å². The van der Waals surface area contributed by atoms with Crippen molar-refractivity contribution in [3.63, 3.8) is 0 Å². The monoisotopic (exact) mass is 393 g/mol. The molecule has 3 rings (SSSR count). The number of nitrogens with zero attached hydrogens (tertiary/aromatic N) is 2. The number of hydrogen-bond donors (Lipinski definition) is 1. The zero-order valence-corrected chi connectivity index (χ0v) is 16.4. The SMILES string of the molecule is CCOC(=O)CC(NC(=O)Cn1cnc2c(C)cccc2c1=O)c1ccccc1. The number of ether oxygens (including phenoxy) is 1. The van der Waals surface area contributed by atoms with E-state index in [1.54, 1.807) is 19.1 Å². The topological polar surface area (TPSA) is 90.3 Å². The van der Waals surface area contributed by atoms with E-state index in [0.29, 0.717) is 10.9 Å². The zero-order chi connectivity index (χ0) is 20.8. The Hall–Kier alpha value is -3.48. The molecule has 1 atom stereocenters. The van der Waals surface area contributed by atoms with Crippen LogP contribution in [0.15, 0.2) is 59.7 Å². The van der Waals surface area contributed by atoms with Crippen LogP contribution in [0.2, 0.25) is 0 Å². The highest BCUT2D eigenvalue weighted by Crippen LogP contribution is 2.17. The second-order valence-electron chi connectivity index (χ2n) is 6.69. The van der Waals surface area contributed by atoms with Crippen molar-refractivity contribution >= 4 is 22.8 Å². The average molecular weight is 393 g/mol. The van der Waals surface area contributed by atoms with E-state index in [0.717, 1.165) is 11.1 Å². The first-order chi connectivity index (χ1) is 14.0.